The second-order valence-corrected chi connectivity index (χ2v) is 14.1. The van der Waals surface area contributed by atoms with E-state index in [2.05, 4.69) is 50.3 Å². The minimum atomic E-state index is -1.60. The van der Waals surface area contributed by atoms with E-state index in [9.17, 15) is 30.0 Å². The Hall–Kier alpha value is -2.08. The van der Waals surface area contributed by atoms with Gasteiger partial charge in [-0.1, -0.05) is 115 Å². The molecule has 0 spiro atoms. The number of esters is 2. The van der Waals surface area contributed by atoms with Crippen LogP contribution in [0.3, 0.4) is 0 Å². The van der Waals surface area contributed by atoms with Crippen molar-refractivity contribution in [3.63, 3.8) is 0 Å². The molecule has 302 valence electrons. The minimum absolute atomic E-state index is 0.186. The Balaban J connectivity index is 2.41. The molecule has 10 nitrogen and oxygen atoms in total. The number of unbranched alkanes of at least 4 members (excludes halogenated alkanes) is 16. The monoisotopic (exact) mass is 739 g/mol. The standard InChI is InChI=1S/C42H74O10/c1-3-5-7-9-11-13-15-17-18-19-21-23-25-27-29-31-38(45)51-35(34-50-42-41(48)40(47)39(46)36(32-43)52-42)33-49-37(44)30-28-26-24-22-20-16-14-12-10-8-6-4-2/h12,14,17-18,21,23,35-36,39-43,46-48H,3-11,13,15-16,19-20,22,24-34H2,1-2H3/b14-12+,18-17+,23-21+/t35-,36-,39+,40?,41?,42-/m1/s1. The molecule has 0 aromatic carbocycles. The van der Waals surface area contributed by atoms with E-state index >= 15 is 0 Å². The van der Waals surface area contributed by atoms with Crippen LogP contribution in [0.15, 0.2) is 36.5 Å². The summed E-state index contributed by atoms with van der Waals surface area (Å²) in [6, 6.07) is 0. The van der Waals surface area contributed by atoms with Gasteiger partial charge in [0.15, 0.2) is 12.4 Å². The summed E-state index contributed by atoms with van der Waals surface area (Å²) in [4.78, 5) is 25.2. The smallest absolute Gasteiger partial charge is 0.306 e. The van der Waals surface area contributed by atoms with Crippen LogP contribution in [-0.4, -0.2) is 89.0 Å². The van der Waals surface area contributed by atoms with Crippen LogP contribution in [-0.2, 0) is 28.5 Å². The normalized spacial score (nSPS) is 21.4. The molecule has 0 amide bonds. The maximum Gasteiger partial charge on any atom is 0.306 e. The van der Waals surface area contributed by atoms with Gasteiger partial charge >= 0.3 is 11.9 Å². The van der Waals surface area contributed by atoms with Crippen LogP contribution in [0.2, 0.25) is 0 Å². The van der Waals surface area contributed by atoms with Crippen molar-refractivity contribution in [3.05, 3.63) is 36.5 Å². The summed E-state index contributed by atoms with van der Waals surface area (Å²) < 4.78 is 22.0. The first kappa shape index (κ1) is 47.9. The van der Waals surface area contributed by atoms with E-state index in [1.54, 1.807) is 0 Å². The number of ether oxygens (including phenoxy) is 4. The number of allylic oxidation sites excluding steroid dienone is 6. The third kappa shape index (κ3) is 25.0. The molecule has 52 heavy (non-hydrogen) atoms. The lowest BCUT2D eigenvalue weighted by atomic mass is 9.99. The molecule has 0 aromatic heterocycles. The zero-order valence-corrected chi connectivity index (χ0v) is 32.6. The van der Waals surface area contributed by atoms with Crippen LogP contribution in [0.5, 0.6) is 0 Å². The summed E-state index contributed by atoms with van der Waals surface area (Å²) in [5.41, 5.74) is 0. The van der Waals surface area contributed by atoms with Crippen LogP contribution < -0.4 is 0 Å². The Morgan fingerprint density at radius 1 is 0.596 bits per heavy atom. The molecule has 4 N–H and O–H groups in total. The van der Waals surface area contributed by atoms with Crippen molar-refractivity contribution in [1.29, 1.82) is 0 Å². The predicted octanol–water partition coefficient (Wildman–Crippen LogP) is 7.94. The van der Waals surface area contributed by atoms with Crippen molar-refractivity contribution in [2.75, 3.05) is 19.8 Å². The molecule has 0 bridgehead atoms. The summed E-state index contributed by atoms with van der Waals surface area (Å²) in [7, 11) is 0. The number of carbonyl (C=O) groups excluding carboxylic acids is 2. The molecule has 1 saturated heterocycles. The number of hydrogen-bond acceptors (Lipinski definition) is 10. The summed E-state index contributed by atoms with van der Waals surface area (Å²) >= 11 is 0. The number of carbonyl (C=O) groups is 2. The number of hydrogen-bond donors (Lipinski definition) is 4. The highest BCUT2D eigenvalue weighted by molar-refractivity contribution is 5.70. The molecule has 6 atom stereocenters. The Morgan fingerprint density at radius 2 is 1.08 bits per heavy atom. The van der Waals surface area contributed by atoms with E-state index in [-0.39, 0.29) is 26.1 Å². The van der Waals surface area contributed by atoms with Crippen molar-refractivity contribution < 1.29 is 49.0 Å². The summed E-state index contributed by atoms with van der Waals surface area (Å²) in [6.45, 7) is 3.33. The highest BCUT2D eigenvalue weighted by Crippen LogP contribution is 2.22. The van der Waals surface area contributed by atoms with E-state index in [0.717, 1.165) is 64.2 Å². The van der Waals surface area contributed by atoms with Gasteiger partial charge in [-0.05, 0) is 70.6 Å². The fraction of sp³-hybridized carbons (Fsp3) is 0.810. The van der Waals surface area contributed by atoms with Gasteiger partial charge in [0.1, 0.15) is 31.0 Å². The van der Waals surface area contributed by atoms with Crippen LogP contribution in [0, 0.1) is 0 Å². The van der Waals surface area contributed by atoms with Gasteiger partial charge in [-0.25, -0.2) is 0 Å². The predicted molar refractivity (Wildman–Crippen MR) is 206 cm³/mol. The Morgan fingerprint density at radius 3 is 1.69 bits per heavy atom. The molecule has 0 aliphatic carbocycles. The summed E-state index contributed by atoms with van der Waals surface area (Å²) in [5, 5.41) is 39.9. The first-order chi connectivity index (χ1) is 25.3. The van der Waals surface area contributed by atoms with E-state index in [1.165, 1.54) is 57.8 Å². The van der Waals surface area contributed by atoms with Gasteiger partial charge in [-0.2, -0.15) is 0 Å². The van der Waals surface area contributed by atoms with Crippen molar-refractivity contribution in [3.8, 4) is 0 Å². The average molecular weight is 739 g/mol. The third-order valence-corrected chi connectivity index (χ3v) is 9.25. The van der Waals surface area contributed by atoms with Gasteiger partial charge in [0, 0.05) is 12.8 Å². The lowest BCUT2D eigenvalue weighted by molar-refractivity contribution is -0.305. The maximum atomic E-state index is 12.7. The number of aliphatic hydroxyl groups excluding tert-OH is 4. The average Bonchev–Trinajstić information content (AvgIpc) is 3.14. The second-order valence-electron chi connectivity index (χ2n) is 14.1. The van der Waals surface area contributed by atoms with Gasteiger partial charge in [-0.3, -0.25) is 9.59 Å². The molecular formula is C42H74O10. The first-order valence-corrected chi connectivity index (χ1v) is 20.6. The molecular weight excluding hydrogens is 664 g/mol. The molecule has 0 radical (unpaired) electrons. The van der Waals surface area contributed by atoms with E-state index < -0.39 is 55.4 Å². The van der Waals surface area contributed by atoms with Crippen molar-refractivity contribution in [1.82, 2.24) is 0 Å². The molecule has 1 fully saturated rings. The highest BCUT2D eigenvalue weighted by atomic mass is 16.7. The van der Waals surface area contributed by atoms with Crippen LogP contribution in [0.4, 0.5) is 0 Å². The van der Waals surface area contributed by atoms with Crippen molar-refractivity contribution >= 4 is 11.9 Å². The fourth-order valence-electron chi connectivity index (χ4n) is 5.92. The van der Waals surface area contributed by atoms with E-state index in [1.807, 2.05) is 0 Å². The van der Waals surface area contributed by atoms with Crippen LogP contribution >= 0.6 is 0 Å². The molecule has 0 saturated carbocycles. The fourth-order valence-corrected chi connectivity index (χ4v) is 5.92. The lowest BCUT2D eigenvalue weighted by Crippen LogP contribution is -2.59. The van der Waals surface area contributed by atoms with Gasteiger partial charge in [0.25, 0.3) is 0 Å². The van der Waals surface area contributed by atoms with Gasteiger partial charge in [0.2, 0.25) is 0 Å². The van der Waals surface area contributed by atoms with Crippen molar-refractivity contribution in [2.45, 2.75) is 198 Å². The Bertz CT molecular complexity index is 949. The molecule has 10 heteroatoms. The van der Waals surface area contributed by atoms with Crippen molar-refractivity contribution in [2.24, 2.45) is 0 Å². The quantitative estimate of drug-likeness (QED) is 0.0297. The molecule has 1 aliphatic rings. The second kappa shape index (κ2) is 33.5. The van der Waals surface area contributed by atoms with Crippen LogP contribution in [0.25, 0.3) is 0 Å². The SMILES string of the molecule is CCCCC/C=C/CCCCCCCC(=O)OC[C@H](CO[C@@H]1O[C@H](CO)[C@H](O)C(O)C1O)OC(=O)CCCC/C=C/C/C=C/CCCCCCCC. The largest absolute Gasteiger partial charge is 0.462 e. The van der Waals surface area contributed by atoms with Gasteiger partial charge in [0.05, 0.1) is 13.2 Å². The van der Waals surface area contributed by atoms with Gasteiger partial charge in [-0.15, -0.1) is 0 Å². The molecule has 0 aromatic rings. The Kier molecular flexibility index (Phi) is 30.9. The minimum Gasteiger partial charge on any atom is -0.462 e. The number of rotatable bonds is 33. The maximum absolute atomic E-state index is 12.7. The highest BCUT2D eigenvalue weighted by Gasteiger charge is 2.44. The molecule has 1 rings (SSSR count). The van der Waals surface area contributed by atoms with E-state index in [0.29, 0.717) is 12.8 Å². The van der Waals surface area contributed by atoms with Crippen LogP contribution in [0.1, 0.15) is 162 Å². The van der Waals surface area contributed by atoms with E-state index in [4.69, 9.17) is 18.9 Å². The Labute approximate surface area is 315 Å². The first-order valence-electron chi connectivity index (χ1n) is 20.6. The zero-order chi connectivity index (χ0) is 38.1. The summed E-state index contributed by atoms with van der Waals surface area (Å²) in [6.07, 6.45) is 28.7. The summed E-state index contributed by atoms with van der Waals surface area (Å²) in [5.74, 6) is -0.858. The van der Waals surface area contributed by atoms with Gasteiger partial charge < -0.3 is 39.4 Å². The third-order valence-electron chi connectivity index (χ3n) is 9.25. The zero-order valence-electron chi connectivity index (χ0n) is 32.6. The molecule has 1 aliphatic heterocycles. The topological polar surface area (TPSA) is 152 Å². The molecule has 2 unspecified atom stereocenters. The number of aliphatic hydroxyl groups is 4. The lowest BCUT2D eigenvalue weighted by Gasteiger charge is -2.39. The molecule has 1 heterocycles.